The van der Waals surface area contributed by atoms with Crippen LogP contribution in [-0.2, 0) is 22.6 Å². The van der Waals surface area contributed by atoms with Gasteiger partial charge in [0.1, 0.15) is 18.5 Å². The Morgan fingerprint density at radius 1 is 1.20 bits per heavy atom. The zero-order valence-electron chi connectivity index (χ0n) is 14.3. The first kappa shape index (κ1) is 19.7. The maximum atomic E-state index is 11.9. The second kappa shape index (κ2) is 9.74. The van der Waals surface area contributed by atoms with Crippen LogP contribution in [0.25, 0.3) is 0 Å². The van der Waals surface area contributed by atoms with Crippen molar-refractivity contribution >= 4 is 28.5 Å². The molecule has 0 bridgehead atoms. The third kappa shape index (κ3) is 6.30. The second-order valence-corrected chi connectivity index (χ2v) is 6.82. The lowest BCUT2D eigenvalue weighted by Gasteiger charge is -2.19. The molecule has 0 unspecified atom stereocenters. The van der Waals surface area contributed by atoms with Crippen LogP contribution in [0.15, 0.2) is 48.5 Å². The van der Waals surface area contributed by atoms with E-state index in [1.54, 1.807) is 0 Å². The molecule has 0 heterocycles. The molecule has 6 heteroatoms. The lowest BCUT2D eigenvalue weighted by molar-refractivity contribution is -0.171. The number of rotatable bonds is 8. The number of hydrogen-bond donors (Lipinski definition) is 1. The number of hydroxylamine groups is 2. The molecular weight excluding hydrogens is 433 g/mol. The molecule has 0 radical (unpaired) electrons. The minimum absolute atomic E-state index is 0.398. The van der Waals surface area contributed by atoms with Gasteiger partial charge in [-0.1, -0.05) is 24.3 Å². The van der Waals surface area contributed by atoms with E-state index in [0.29, 0.717) is 24.7 Å². The van der Waals surface area contributed by atoms with Crippen LogP contribution in [0.5, 0.6) is 5.75 Å². The summed E-state index contributed by atoms with van der Waals surface area (Å²) < 4.78 is 12.4. The third-order valence-corrected chi connectivity index (χ3v) is 4.27. The first-order valence-corrected chi connectivity index (χ1v) is 9.11. The minimum Gasteiger partial charge on any atom is -0.489 e. The summed E-state index contributed by atoms with van der Waals surface area (Å²) in [6.45, 7) is 2.73. The van der Waals surface area contributed by atoms with E-state index in [9.17, 15) is 10.0 Å². The Bertz CT molecular complexity index is 688. The Labute approximate surface area is 161 Å². The van der Waals surface area contributed by atoms with Gasteiger partial charge in [-0.3, -0.25) is 10.0 Å². The highest BCUT2D eigenvalue weighted by atomic mass is 127. The van der Waals surface area contributed by atoms with Crippen molar-refractivity contribution in [3.8, 4) is 5.75 Å². The molecule has 0 aromatic heterocycles. The summed E-state index contributed by atoms with van der Waals surface area (Å²) in [5.41, 5.74) is 2.05. The smallest absolute Gasteiger partial charge is 0.275 e. The minimum atomic E-state index is -0.696. The van der Waals surface area contributed by atoms with E-state index in [1.807, 2.05) is 49.4 Å². The van der Waals surface area contributed by atoms with Crippen molar-refractivity contribution in [1.29, 1.82) is 0 Å². The molecule has 2 rings (SSSR count). The number of carbonyl (C=O) groups is 1. The zero-order chi connectivity index (χ0) is 18.2. The maximum absolute atomic E-state index is 11.9. The number of likely N-dealkylation sites (N-methyl/N-ethyl adjacent to an activating group) is 1. The van der Waals surface area contributed by atoms with Gasteiger partial charge in [0.15, 0.2) is 0 Å². The molecule has 134 valence electrons. The van der Waals surface area contributed by atoms with Crippen molar-refractivity contribution in [1.82, 2.24) is 5.06 Å². The highest BCUT2D eigenvalue weighted by Gasteiger charge is 2.22. The van der Waals surface area contributed by atoms with Gasteiger partial charge in [-0.15, -0.1) is 0 Å². The van der Waals surface area contributed by atoms with E-state index in [-0.39, 0.29) is 0 Å². The standard InChI is InChI=1S/C19H22INO4/c1-3-24-18(19(22)21(2)23)12-14-7-9-17(10-8-14)25-13-15-5-4-6-16(20)11-15/h4-11,18,23H,3,12-13H2,1-2H3/t18-/m0/s1. The van der Waals surface area contributed by atoms with Crippen LogP contribution in [-0.4, -0.2) is 35.9 Å². The second-order valence-electron chi connectivity index (χ2n) is 5.57. The normalized spacial score (nSPS) is 11.8. The van der Waals surface area contributed by atoms with E-state index in [0.717, 1.165) is 16.9 Å². The number of carbonyl (C=O) groups excluding carboxylic acids is 1. The Hall–Kier alpha value is -1.64. The fraction of sp³-hybridized carbons (Fsp3) is 0.316. The molecule has 0 saturated heterocycles. The van der Waals surface area contributed by atoms with Gasteiger partial charge in [0.2, 0.25) is 0 Å². The van der Waals surface area contributed by atoms with Gasteiger partial charge in [0.25, 0.3) is 5.91 Å². The van der Waals surface area contributed by atoms with Gasteiger partial charge >= 0.3 is 0 Å². The van der Waals surface area contributed by atoms with Crippen molar-refractivity contribution in [3.63, 3.8) is 0 Å². The van der Waals surface area contributed by atoms with Crippen LogP contribution in [0.4, 0.5) is 0 Å². The number of nitrogens with zero attached hydrogens (tertiary/aromatic N) is 1. The highest BCUT2D eigenvalue weighted by molar-refractivity contribution is 14.1. The summed E-state index contributed by atoms with van der Waals surface area (Å²) in [4.78, 5) is 11.9. The van der Waals surface area contributed by atoms with Crippen molar-refractivity contribution < 1.29 is 19.5 Å². The molecule has 2 aromatic rings. The Balaban J connectivity index is 1.95. The fourth-order valence-corrected chi connectivity index (χ4v) is 2.96. The quantitative estimate of drug-likeness (QED) is 0.375. The van der Waals surface area contributed by atoms with Crippen LogP contribution in [0.1, 0.15) is 18.1 Å². The SMILES string of the molecule is CCO[C@@H](Cc1ccc(OCc2cccc(I)c2)cc1)C(=O)N(C)O. The van der Waals surface area contributed by atoms with Crippen molar-refractivity contribution in [2.75, 3.05) is 13.7 Å². The fourth-order valence-electron chi connectivity index (χ4n) is 2.36. The molecule has 0 aliphatic heterocycles. The van der Waals surface area contributed by atoms with Gasteiger partial charge in [-0.25, -0.2) is 5.06 Å². The molecule has 1 amide bonds. The lowest BCUT2D eigenvalue weighted by Crippen LogP contribution is -2.37. The molecule has 5 nitrogen and oxygen atoms in total. The number of ether oxygens (including phenoxy) is 2. The van der Waals surface area contributed by atoms with Crippen molar-refractivity contribution in [2.24, 2.45) is 0 Å². The van der Waals surface area contributed by atoms with E-state index in [2.05, 4.69) is 28.7 Å². The lowest BCUT2D eigenvalue weighted by atomic mass is 10.1. The number of halogens is 1. The van der Waals surface area contributed by atoms with Crippen LogP contribution < -0.4 is 4.74 Å². The van der Waals surface area contributed by atoms with Crippen LogP contribution in [0.3, 0.4) is 0 Å². The van der Waals surface area contributed by atoms with E-state index >= 15 is 0 Å². The van der Waals surface area contributed by atoms with E-state index < -0.39 is 12.0 Å². The van der Waals surface area contributed by atoms with Crippen molar-refractivity contribution in [3.05, 3.63) is 63.2 Å². The Kier molecular flexibility index (Phi) is 7.67. The monoisotopic (exact) mass is 455 g/mol. The average molecular weight is 455 g/mol. The van der Waals surface area contributed by atoms with Crippen molar-refractivity contribution in [2.45, 2.75) is 26.1 Å². The van der Waals surface area contributed by atoms with Gasteiger partial charge < -0.3 is 9.47 Å². The van der Waals surface area contributed by atoms with Gasteiger partial charge in [-0.05, 0) is 64.9 Å². The number of amides is 1. The number of benzene rings is 2. The number of hydrogen-bond acceptors (Lipinski definition) is 4. The molecule has 0 aliphatic carbocycles. The average Bonchev–Trinajstić information content (AvgIpc) is 2.60. The molecule has 1 atom stereocenters. The zero-order valence-corrected chi connectivity index (χ0v) is 16.5. The van der Waals surface area contributed by atoms with Crippen LogP contribution in [0, 0.1) is 3.57 Å². The Morgan fingerprint density at radius 2 is 1.92 bits per heavy atom. The molecule has 0 fully saturated rings. The largest absolute Gasteiger partial charge is 0.489 e. The van der Waals surface area contributed by atoms with Gasteiger partial charge in [-0.2, -0.15) is 0 Å². The highest BCUT2D eigenvalue weighted by Crippen LogP contribution is 2.17. The molecule has 0 saturated carbocycles. The van der Waals surface area contributed by atoms with E-state index in [4.69, 9.17) is 9.47 Å². The molecule has 0 aliphatic rings. The third-order valence-electron chi connectivity index (χ3n) is 3.60. The maximum Gasteiger partial charge on any atom is 0.275 e. The van der Waals surface area contributed by atoms with Gasteiger partial charge in [0, 0.05) is 23.6 Å². The summed E-state index contributed by atoms with van der Waals surface area (Å²) in [5.74, 6) is 0.307. The van der Waals surface area contributed by atoms with Crippen LogP contribution >= 0.6 is 22.6 Å². The summed E-state index contributed by atoms with van der Waals surface area (Å²) >= 11 is 2.28. The topological polar surface area (TPSA) is 59.0 Å². The molecule has 2 aromatic carbocycles. The predicted molar refractivity (Wildman–Crippen MR) is 104 cm³/mol. The molecule has 1 N–H and O–H groups in total. The summed E-state index contributed by atoms with van der Waals surface area (Å²) in [7, 11) is 1.30. The summed E-state index contributed by atoms with van der Waals surface area (Å²) in [5, 5.41) is 9.89. The molecular formula is C19H22INO4. The van der Waals surface area contributed by atoms with E-state index in [1.165, 1.54) is 10.6 Å². The summed E-state index contributed by atoms with van der Waals surface area (Å²) in [6.07, 6.45) is -0.299. The van der Waals surface area contributed by atoms with Gasteiger partial charge in [0.05, 0.1) is 0 Å². The Morgan fingerprint density at radius 3 is 2.52 bits per heavy atom. The van der Waals surface area contributed by atoms with Crippen LogP contribution in [0.2, 0.25) is 0 Å². The summed E-state index contributed by atoms with van der Waals surface area (Å²) in [6, 6.07) is 15.7. The first-order valence-electron chi connectivity index (χ1n) is 8.03. The molecule has 25 heavy (non-hydrogen) atoms. The molecule has 0 spiro atoms. The first-order chi connectivity index (χ1) is 12.0. The predicted octanol–water partition coefficient (Wildman–Crippen LogP) is 3.67.